The first-order valence-corrected chi connectivity index (χ1v) is 9.15. The molecule has 1 heterocycles. The van der Waals surface area contributed by atoms with E-state index < -0.39 is 0 Å². The Morgan fingerprint density at radius 3 is 2.62 bits per heavy atom. The van der Waals surface area contributed by atoms with Crippen LogP contribution in [-0.4, -0.2) is 31.7 Å². The number of hydrogen-bond donors (Lipinski definition) is 2. The van der Waals surface area contributed by atoms with Crippen LogP contribution in [-0.2, 0) is 6.42 Å². The van der Waals surface area contributed by atoms with Gasteiger partial charge in [0.05, 0.1) is 14.2 Å². The first-order valence-electron chi connectivity index (χ1n) is 7.98. The maximum atomic E-state index is 12.4. The lowest BCUT2D eigenvalue weighted by molar-refractivity contribution is 0.0950. The minimum Gasteiger partial charge on any atom is -0.493 e. The Kier molecular flexibility index (Phi) is 5.74. The molecule has 0 radical (unpaired) electrons. The van der Waals surface area contributed by atoms with E-state index in [1.54, 1.807) is 26.4 Å². The topological polar surface area (TPSA) is 63.3 Å². The molecule has 1 aromatic heterocycles. The van der Waals surface area contributed by atoms with E-state index in [1.807, 2.05) is 24.3 Å². The number of hydrogen-bond acceptors (Lipinski definition) is 3. The average molecular weight is 438 g/mol. The van der Waals surface area contributed by atoms with Gasteiger partial charge in [-0.15, -0.1) is 0 Å². The quantitative estimate of drug-likeness (QED) is 0.593. The summed E-state index contributed by atoms with van der Waals surface area (Å²) in [6.07, 6.45) is 0.652. The van der Waals surface area contributed by atoms with Crippen LogP contribution in [0.4, 0.5) is 0 Å². The van der Waals surface area contributed by atoms with Crippen LogP contribution in [0.25, 0.3) is 10.9 Å². The lowest BCUT2D eigenvalue weighted by Gasteiger charge is -2.12. The average Bonchev–Trinajstić information content (AvgIpc) is 3.05. The van der Waals surface area contributed by atoms with E-state index in [1.165, 1.54) is 0 Å². The largest absolute Gasteiger partial charge is 0.493 e. The first kappa shape index (κ1) is 18.6. The minimum absolute atomic E-state index is 0.158. The van der Waals surface area contributed by atoms with Gasteiger partial charge in [0.1, 0.15) is 5.69 Å². The number of carbonyl (C=O) groups excluding carboxylic acids is 1. The summed E-state index contributed by atoms with van der Waals surface area (Å²) in [5.74, 6) is 1.15. The zero-order valence-electron chi connectivity index (χ0n) is 14.4. The Bertz CT molecular complexity index is 955. The number of carbonyl (C=O) groups is 1. The maximum Gasteiger partial charge on any atom is 0.267 e. The Morgan fingerprint density at radius 1 is 1.15 bits per heavy atom. The van der Waals surface area contributed by atoms with Gasteiger partial charge in [0.15, 0.2) is 11.5 Å². The van der Waals surface area contributed by atoms with Crippen molar-refractivity contribution in [3.8, 4) is 11.5 Å². The van der Waals surface area contributed by atoms with Crippen molar-refractivity contribution in [1.29, 1.82) is 0 Å². The molecule has 1 amide bonds. The molecule has 2 aromatic carbocycles. The van der Waals surface area contributed by atoms with E-state index in [0.29, 0.717) is 35.2 Å². The third-order valence-electron chi connectivity index (χ3n) is 4.06. The number of amides is 1. The van der Waals surface area contributed by atoms with Gasteiger partial charge in [-0.3, -0.25) is 4.79 Å². The molecule has 5 nitrogen and oxygen atoms in total. The SMILES string of the molecule is COc1cc(Br)c(CCNC(=O)c2cc3cc(Cl)ccc3[nH]2)cc1OC. The molecule has 0 fully saturated rings. The molecule has 0 unspecified atom stereocenters. The Hall–Kier alpha value is -2.18. The standard InChI is InChI=1S/C19H18BrClN2O3/c1-25-17-9-11(14(20)10-18(17)26-2)5-6-22-19(24)16-8-12-7-13(21)3-4-15(12)23-16/h3-4,7-10,23H,5-6H2,1-2H3,(H,22,24). The minimum atomic E-state index is -0.158. The summed E-state index contributed by atoms with van der Waals surface area (Å²) in [7, 11) is 3.19. The monoisotopic (exact) mass is 436 g/mol. The number of nitrogens with one attached hydrogen (secondary N) is 2. The summed E-state index contributed by atoms with van der Waals surface area (Å²) < 4.78 is 11.5. The molecule has 0 atom stereocenters. The normalized spacial score (nSPS) is 10.8. The van der Waals surface area contributed by atoms with Crippen molar-refractivity contribution in [2.75, 3.05) is 20.8 Å². The molecular weight excluding hydrogens is 420 g/mol. The molecule has 136 valence electrons. The van der Waals surface area contributed by atoms with E-state index in [0.717, 1.165) is 20.9 Å². The van der Waals surface area contributed by atoms with Crippen molar-refractivity contribution in [2.45, 2.75) is 6.42 Å². The molecule has 7 heteroatoms. The second-order valence-corrected chi connectivity index (χ2v) is 7.01. The fourth-order valence-corrected chi connectivity index (χ4v) is 3.42. The molecular formula is C19H18BrClN2O3. The van der Waals surface area contributed by atoms with Gasteiger partial charge in [0, 0.05) is 26.9 Å². The molecule has 0 aliphatic heterocycles. The number of methoxy groups -OCH3 is 2. The molecule has 26 heavy (non-hydrogen) atoms. The van der Waals surface area contributed by atoms with Gasteiger partial charge in [0.2, 0.25) is 0 Å². The van der Waals surface area contributed by atoms with Gasteiger partial charge in [-0.05, 0) is 48.4 Å². The number of halogens is 2. The number of ether oxygens (including phenoxy) is 2. The molecule has 0 bridgehead atoms. The second kappa shape index (κ2) is 8.01. The van der Waals surface area contributed by atoms with Crippen LogP contribution in [0.5, 0.6) is 11.5 Å². The van der Waals surface area contributed by atoms with E-state index in [4.69, 9.17) is 21.1 Å². The highest BCUT2D eigenvalue weighted by molar-refractivity contribution is 9.10. The molecule has 0 aliphatic carbocycles. The summed E-state index contributed by atoms with van der Waals surface area (Å²) in [6.45, 7) is 0.489. The second-order valence-electron chi connectivity index (χ2n) is 5.72. The maximum absolute atomic E-state index is 12.4. The highest BCUT2D eigenvalue weighted by atomic mass is 79.9. The van der Waals surface area contributed by atoms with Crippen LogP contribution in [0.2, 0.25) is 5.02 Å². The fraction of sp³-hybridized carbons (Fsp3) is 0.211. The smallest absolute Gasteiger partial charge is 0.267 e. The lowest BCUT2D eigenvalue weighted by Crippen LogP contribution is -2.26. The van der Waals surface area contributed by atoms with Crippen molar-refractivity contribution >= 4 is 44.3 Å². The predicted molar refractivity (Wildman–Crippen MR) is 107 cm³/mol. The summed E-state index contributed by atoms with van der Waals surface area (Å²) in [5.41, 5.74) is 2.40. The van der Waals surface area contributed by atoms with Gasteiger partial charge in [-0.2, -0.15) is 0 Å². The number of aromatic amines is 1. The summed E-state index contributed by atoms with van der Waals surface area (Å²) in [6, 6.07) is 11.0. The van der Waals surface area contributed by atoms with Crippen LogP contribution in [0, 0.1) is 0 Å². The fourth-order valence-electron chi connectivity index (χ4n) is 2.72. The van der Waals surface area contributed by atoms with Gasteiger partial charge >= 0.3 is 0 Å². The first-order chi connectivity index (χ1) is 12.5. The van der Waals surface area contributed by atoms with Crippen LogP contribution >= 0.6 is 27.5 Å². The Morgan fingerprint density at radius 2 is 1.88 bits per heavy atom. The zero-order valence-corrected chi connectivity index (χ0v) is 16.7. The van der Waals surface area contributed by atoms with E-state index >= 15 is 0 Å². The molecule has 0 saturated heterocycles. The highest BCUT2D eigenvalue weighted by Crippen LogP contribution is 2.33. The Balaban J connectivity index is 1.66. The highest BCUT2D eigenvalue weighted by Gasteiger charge is 2.12. The number of benzene rings is 2. The molecule has 3 aromatic rings. The van der Waals surface area contributed by atoms with Gasteiger partial charge < -0.3 is 19.8 Å². The zero-order chi connectivity index (χ0) is 18.7. The van der Waals surface area contributed by atoms with Crippen molar-refractivity contribution in [2.24, 2.45) is 0 Å². The van der Waals surface area contributed by atoms with Crippen molar-refractivity contribution in [3.05, 3.63) is 57.2 Å². The molecule has 0 aliphatic rings. The molecule has 0 saturated carbocycles. The van der Waals surface area contributed by atoms with Crippen LogP contribution < -0.4 is 14.8 Å². The Labute approximate surface area is 164 Å². The number of fused-ring (bicyclic) bond motifs is 1. The van der Waals surface area contributed by atoms with Crippen LogP contribution in [0.1, 0.15) is 16.1 Å². The van der Waals surface area contributed by atoms with Crippen molar-refractivity contribution in [3.63, 3.8) is 0 Å². The van der Waals surface area contributed by atoms with E-state index in [-0.39, 0.29) is 5.91 Å². The van der Waals surface area contributed by atoms with Crippen molar-refractivity contribution < 1.29 is 14.3 Å². The number of rotatable bonds is 6. The molecule has 0 spiro atoms. The molecule has 2 N–H and O–H groups in total. The van der Waals surface area contributed by atoms with Gasteiger partial charge in [0.25, 0.3) is 5.91 Å². The van der Waals surface area contributed by atoms with Gasteiger partial charge in [-0.25, -0.2) is 0 Å². The van der Waals surface area contributed by atoms with Crippen LogP contribution in [0.15, 0.2) is 40.9 Å². The van der Waals surface area contributed by atoms with Crippen LogP contribution in [0.3, 0.4) is 0 Å². The van der Waals surface area contributed by atoms with E-state index in [2.05, 4.69) is 26.2 Å². The number of H-pyrrole nitrogens is 1. The lowest BCUT2D eigenvalue weighted by atomic mass is 10.1. The third kappa shape index (κ3) is 3.97. The summed E-state index contributed by atoms with van der Waals surface area (Å²) >= 11 is 9.51. The summed E-state index contributed by atoms with van der Waals surface area (Å²) in [4.78, 5) is 15.5. The number of aromatic nitrogens is 1. The van der Waals surface area contributed by atoms with Gasteiger partial charge in [-0.1, -0.05) is 27.5 Å². The van der Waals surface area contributed by atoms with E-state index in [9.17, 15) is 4.79 Å². The third-order valence-corrected chi connectivity index (χ3v) is 5.03. The van der Waals surface area contributed by atoms with Crippen molar-refractivity contribution in [1.82, 2.24) is 10.3 Å². The predicted octanol–water partition coefficient (Wildman–Crippen LogP) is 4.57. The molecule has 3 rings (SSSR count). The summed E-state index contributed by atoms with van der Waals surface area (Å²) in [5, 5.41) is 4.47.